The second-order valence-electron chi connectivity index (χ2n) is 5.98. The normalized spacial score (nSPS) is 11.8. The molecule has 29 heavy (non-hydrogen) atoms. The predicted molar refractivity (Wildman–Crippen MR) is 93.3 cm³/mol. The molecule has 0 amide bonds. The van der Waals surface area contributed by atoms with E-state index in [1.54, 1.807) is 19.2 Å². The Morgan fingerprint density at radius 2 is 2.03 bits per heavy atom. The van der Waals surface area contributed by atoms with Crippen LogP contribution in [0.25, 0.3) is 10.9 Å². The number of carbonyl (C=O) groups is 1. The fourth-order valence-electron chi connectivity index (χ4n) is 2.44. The van der Waals surface area contributed by atoms with Crippen molar-refractivity contribution in [3.8, 4) is 5.75 Å². The SMILES string of the molecule is CCOC(=O)c1nccc2nn(Cc3ccc(OCC(F)(F)C(F)F)cn3)cc12. The Balaban J connectivity index is 1.71. The lowest BCUT2D eigenvalue weighted by molar-refractivity contribution is -0.148. The number of pyridine rings is 2. The molecule has 0 bridgehead atoms. The molecule has 0 atom stereocenters. The van der Waals surface area contributed by atoms with Gasteiger partial charge in [-0.1, -0.05) is 0 Å². The molecule has 0 fully saturated rings. The number of alkyl halides is 4. The lowest BCUT2D eigenvalue weighted by Crippen LogP contribution is -2.33. The van der Waals surface area contributed by atoms with Gasteiger partial charge in [-0.25, -0.2) is 18.6 Å². The summed E-state index contributed by atoms with van der Waals surface area (Å²) in [6.07, 6.45) is 0.416. The molecule has 0 saturated carbocycles. The summed E-state index contributed by atoms with van der Waals surface area (Å²) in [5.74, 6) is -4.86. The fourth-order valence-corrected chi connectivity index (χ4v) is 2.44. The average molecular weight is 412 g/mol. The van der Waals surface area contributed by atoms with Gasteiger partial charge in [-0.3, -0.25) is 9.67 Å². The highest BCUT2D eigenvalue weighted by atomic mass is 19.3. The van der Waals surface area contributed by atoms with Crippen LogP contribution >= 0.6 is 0 Å². The van der Waals surface area contributed by atoms with E-state index >= 15 is 0 Å². The molecule has 3 heterocycles. The van der Waals surface area contributed by atoms with Crippen LogP contribution in [0.5, 0.6) is 5.75 Å². The number of hydrogen-bond donors (Lipinski definition) is 0. The first-order valence-electron chi connectivity index (χ1n) is 8.53. The number of halogens is 4. The maximum Gasteiger partial charge on any atom is 0.357 e. The zero-order valence-electron chi connectivity index (χ0n) is 15.2. The number of hydrogen-bond acceptors (Lipinski definition) is 6. The van der Waals surface area contributed by atoms with Crippen molar-refractivity contribution < 1.29 is 31.8 Å². The topological polar surface area (TPSA) is 79.1 Å². The Morgan fingerprint density at radius 1 is 1.24 bits per heavy atom. The molecule has 0 aliphatic rings. The molecule has 3 aromatic rings. The minimum atomic E-state index is -4.24. The summed E-state index contributed by atoms with van der Waals surface area (Å²) in [4.78, 5) is 20.1. The van der Waals surface area contributed by atoms with Gasteiger partial charge in [0.1, 0.15) is 5.75 Å². The number of nitrogens with zero attached hydrogens (tertiary/aromatic N) is 4. The number of rotatable bonds is 8. The number of esters is 1. The van der Waals surface area contributed by atoms with Gasteiger partial charge in [-0.2, -0.15) is 13.9 Å². The molecule has 7 nitrogen and oxygen atoms in total. The van der Waals surface area contributed by atoms with Crippen LogP contribution in [0.1, 0.15) is 23.1 Å². The quantitative estimate of drug-likeness (QED) is 0.417. The minimum Gasteiger partial charge on any atom is -0.485 e. The highest BCUT2D eigenvalue weighted by Gasteiger charge is 2.41. The van der Waals surface area contributed by atoms with E-state index in [1.165, 1.54) is 23.0 Å². The van der Waals surface area contributed by atoms with E-state index in [0.29, 0.717) is 16.6 Å². The number of fused-ring (bicyclic) bond motifs is 1. The second kappa shape index (κ2) is 8.41. The van der Waals surface area contributed by atoms with Gasteiger partial charge >= 0.3 is 18.3 Å². The Bertz CT molecular complexity index is 992. The molecule has 0 saturated heterocycles. The van der Waals surface area contributed by atoms with Crippen LogP contribution in [0.15, 0.2) is 36.8 Å². The zero-order valence-corrected chi connectivity index (χ0v) is 15.2. The van der Waals surface area contributed by atoms with Crippen LogP contribution in [0.3, 0.4) is 0 Å². The van der Waals surface area contributed by atoms with Crippen LogP contribution in [0, 0.1) is 0 Å². The molecule has 3 rings (SSSR count). The molecule has 0 spiro atoms. The van der Waals surface area contributed by atoms with Gasteiger partial charge in [-0.05, 0) is 25.1 Å². The third-order valence-electron chi connectivity index (χ3n) is 3.82. The van der Waals surface area contributed by atoms with Crippen molar-refractivity contribution >= 4 is 16.9 Å². The summed E-state index contributed by atoms with van der Waals surface area (Å²) in [5.41, 5.74) is 1.20. The Hall–Kier alpha value is -3.24. The minimum absolute atomic E-state index is 0.0616. The van der Waals surface area contributed by atoms with Crippen LogP contribution in [-0.4, -0.2) is 51.3 Å². The summed E-state index contributed by atoms with van der Waals surface area (Å²) in [6, 6.07) is 4.48. The van der Waals surface area contributed by atoms with Gasteiger partial charge in [0.05, 0.1) is 35.9 Å². The number of ether oxygens (including phenoxy) is 2. The highest BCUT2D eigenvalue weighted by molar-refractivity contribution is 6.01. The molecule has 0 aliphatic carbocycles. The van der Waals surface area contributed by atoms with E-state index in [4.69, 9.17) is 4.74 Å². The second-order valence-corrected chi connectivity index (χ2v) is 5.98. The van der Waals surface area contributed by atoms with Crippen molar-refractivity contribution in [1.29, 1.82) is 0 Å². The van der Waals surface area contributed by atoms with Crippen molar-refractivity contribution in [3.05, 3.63) is 48.2 Å². The zero-order chi connectivity index (χ0) is 21.0. The van der Waals surface area contributed by atoms with Gasteiger partial charge in [-0.15, -0.1) is 0 Å². The molecular formula is C18H16F4N4O3. The molecule has 0 aliphatic heterocycles. The standard InChI is InChI=1S/C18H16F4N4O3/c1-2-28-16(27)15-13-9-26(25-14(13)5-6-23-15)8-11-3-4-12(7-24-11)29-10-18(21,22)17(19)20/h3-7,9,17H,2,8,10H2,1H3. The fraction of sp³-hybridized carbons (Fsp3) is 0.333. The van der Waals surface area contributed by atoms with Crippen LogP contribution in [0.2, 0.25) is 0 Å². The molecule has 11 heteroatoms. The third kappa shape index (κ3) is 4.79. The number of aromatic nitrogens is 4. The molecule has 0 unspecified atom stereocenters. The summed E-state index contributed by atoms with van der Waals surface area (Å²) in [5, 5.41) is 4.85. The monoisotopic (exact) mass is 412 g/mol. The molecule has 154 valence electrons. The Labute approximate surface area is 162 Å². The molecule has 0 aromatic carbocycles. The maximum absolute atomic E-state index is 12.9. The summed E-state index contributed by atoms with van der Waals surface area (Å²) in [6.45, 7) is 0.673. The van der Waals surface area contributed by atoms with Crippen molar-refractivity contribution in [2.24, 2.45) is 0 Å². The molecule has 0 N–H and O–H groups in total. The van der Waals surface area contributed by atoms with E-state index in [0.717, 1.165) is 6.20 Å². The van der Waals surface area contributed by atoms with E-state index in [1.807, 2.05) is 0 Å². The van der Waals surface area contributed by atoms with Gasteiger partial charge in [0.25, 0.3) is 0 Å². The predicted octanol–water partition coefficient (Wildman–Crippen LogP) is 3.33. The van der Waals surface area contributed by atoms with Crippen LogP contribution in [-0.2, 0) is 11.3 Å². The summed E-state index contributed by atoms with van der Waals surface area (Å²) < 4.78 is 61.3. The van der Waals surface area contributed by atoms with E-state index in [2.05, 4.69) is 19.8 Å². The van der Waals surface area contributed by atoms with E-state index in [-0.39, 0.29) is 24.6 Å². The first-order valence-corrected chi connectivity index (χ1v) is 8.53. The lowest BCUT2D eigenvalue weighted by atomic mass is 10.2. The largest absolute Gasteiger partial charge is 0.485 e. The third-order valence-corrected chi connectivity index (χ3v) is 3.82. The van der Waals surface area contributed by atoms with Crippen molar-refractivity contribution in [2.45, 2.75) is 25.8 Å². The van der Waals surface area contributed by atoms with Crippen LogP contribution in [0.4, 0.5) is 17.6 Å². The van der Waals surface area contributed by atoms with Gasteiger partial charge in [0, 0.05) is 12.4 Å². The van der Waals surface area contributed by atoms with Crippen molar-refractivity contribution in [2.75, 3.05) is 13.2 Å². The summed E-state index contributed by atoms with van der Waals surface area (Å²) in [7, 11) is 0. The maximum atomic E-state index is 12.9. The van der Waals surface area contributed by atoms with Crippen molar-refractivity contribution in [3.63, 3.8) is 0 Å². The van der Waals surface area contributed by atoms with Gasteiger partial charge in [0.2, 0.25) is 0 Å². The lowest BCUT2D eigenvalue weighted by Gasteiger charge is -2.15. The number of carbonyl (C=O) groups excluding carboxylic acids is 1. The molecular weight excluding hydrogens is 396 g/mol. The first kappa shape index (κ1) is 20.5. The molecule has 0 radical (unpaired) electrons. The molecule has 3 aromatic heterocycles. The smallest absolute Gasteiger partial charge is 0.357 e. The highest BCUT2D eigenvalue weighted by Crippen LogP contribution is 2.24. The van der Waals surface area contributed by atoms with E-state index < -0.39 is 24.9 Å². The van der Waals surface area contributed by atoms with Crippen LogP contribution < -0.4 is 4.74 Å². The first-order chi connectivity index (χ1) is 13.8. The van der Waals surface area contributed by atoms with Gasteiger partial charge in [0.15, 0.2) is 12.3 Å². The Morgan fingerprint density at radius 3 is 2.69 bits per heavy atom. The van der Waals surface area contributed by atoms with Crippen molar-refractivity contribution in [1.82, 2.24) is 19.7 Å². The Kier molecular flexibility index (Phi) is 5.95. The summed E-state index contributed by atoms with van der Waals surface area (Å²) >= 11 is 0. The van der Waals surface area contributed by atoms with E-state index in [9.17, 15) is 22.4 Å². The average Bonchev–Trinajstić information content (AvgIpc) is 3.10. The van der Waals surface area contributed by atoms with Gasteiger partial charge < -0.3 is 9.47 Å².